The van der Waals surface area contributed by atoms with Crippen LogP contribution in [-0.2, 0) is 6.42 Å². The predicted octanol–water partition coefficient (Wildman–Crippen LogP) is 6.21. The summed E-state index contributed by atoms with van der Waals surface area (Å²) >= 11 is 15.1. The van der Waals surface area contributed by atoms with Crippen molar-refractivity contribution < 1.29 is 0 Å². The van der Waals surface area contributed by atoms with E-state index in [-0.39, 0.29) is 6.04 Å². The SMILES string of the molecule is CCCNC(Cc1cc(Br)cs1)c1ccc(Br)cc1Cl. The molecular weight excluding hydrogens is 422 g/mol. The lowest BCUT2D eigenvalue weighted by Crippen LogP contribution is -2.24. The first-order valence-electron chi connectivity index (χ1n) is 6.51. The first-order valence-corrected chi connectivity index (χ1v) is 9.35. The van der Waals surface area contributed by atoms with Gasteiger partial charge in [0, 0.05) is 36.7 Å². The number of hydrogen-bond donors (Lipinski definition) is 1. The molecule has 1 aromatic heterocycles. The number of halogens is 3. The fourth-order valence-corrected chi connectivity index (χ4v) is 4.36. The smallest absolute Gasteiger partial charge is 0.0465 e. The summed E-state index contributed by atoms with van der Waals surface area (Å²) in [5, 5.41) is 6.52. The number of rotatable bonds is 6. The molecule has 5 heteroatoms. The molecule has 0 bridgehead atoms. The second-order valence-corrected chi connectivity index (χ2v) is 7.84. The summed E-state index contributed by atoms with van der Waals surface area (Å²) < 4.78 is 2.16. The fourth-order valence-electron chi connectivity index (χ4n) is 2.06. The minimum Gasteiger partial charge on any atom is -0.310 e. The molecule has 0 radical (unpaired) electrons. The number of benzene rings is 1. The average molecular weight is 438 g/mol. The zero-order valence-electron chi connectivity index (χ0n) is 11.1. The van der Waals surface area contributed by atoms with Crippen LogP contribution >= 0.6 is 54.8 Å². The second-order valence-electron chi connectivity index (χ2n) is 4.61. The van der Waals surface area contributed by atoms with Crippen molar-refractivity contribution in [2.45, 2.75) is 25.8 Å². The van der Waals surface area contributed by atoms with Gasteiger partial charge in [-0.1, -0.05) is 40.5 Å². The average Bonchev–Trinajstić information content (AvgIpc) is 2.80. The molecular formula is C15H16Br2ClNS. The molecule has 0 saturated carbocycles. The van der Waals surface area contributed by atoms with Crippen LogP contribution in [-0.4, -0.2) is 6.54 Å². The van der Waals surface area contributed by atoms with Crippen LogP contribution < -0.4 is 5.32 Å². The summed E-state index contributed by atoms with van der Waals surface area (Å²) in [4.78, 5) is 1.35. The van der Waals surface area contributed by atoms with Crippen molar-refractivity contribution in [2.24, 2.45) is 0 Å². The van der Waals surface area contributed by atoms with Gasteiger partial charge in [0.25, 0.3) is 0 Å². The highest BCUT2D eigenvalue weighted by Crippen LogP contribution is 2.31. The van der Waals surface area contributed by atoms with Gasteiger partial charge in [-0.25, -0.2) is 0 Å². The number of thiophene rings is 1. The predicted molar refractivity (Wildman–Crippen MR) is 95.9 cm³/mol. The van der Waals surface area contributed by atoms with E-state index in [1.54, 1.807) is 11.3 Å². The van der Waals surface area contributed by atoms with Gasteiger partial charge in [-0.15, -0.1) is 11.3 Å². The van der Waals surface area contributed by atoms with E-state index in [1.807, 2.05) is 12.1 Å². The van der Waals surface area contributed by atoms with Crippen molar-refractivity contribution in [1.29, 1.82) is 0 Å². The molecule has 0 aliphatic carbocycles. The molecule has 2 rings (SSSR count). The van der Waals surface area contributed by atoms with Crippen molar-refractivity contribution in [3.05, 3.63) is 54.1 Å². The monoisotopic (exact) mass is 435 g/mol. The van der Waals surface area contributed by atoms with Crippen LogP contribution in [0.3, 0.4) is 0 Å². The Morgan fingerprint density at radius 3 is 2.65 bits per heavy atom. The third-order valence-corrected chi connectivity index (χ3v) is 5.55. The summed E-state index contributed by atoms with van der Waals surface area (Å²) in [5.41, 5.74) is 1.16. The van der Waals surface area contributed by atoms with E-state index >= 15 is 0 Å². The topological polar surface area (TPSA) is 12.0 Å². The molecule has 0 saturated heterocycles. The molecule has 2 aromatic rings. The molecule has 0 aliphatic heterocycles. The van der Waals surface area contributed by atoms with Gasteiger partial charge in [0.2, 0.25) is 0 Å². The summed E-state index contributed by atoms with van der Waals surface area (Å²) in [6, 6.07) is 8.54. The normalized spacial score (nSPS) is 12.6. The van der Waals surface area contributed by atoms with Crippen LogP contribution in [0, 0.1) is 0 Å². The van der Waals surface area contributed by atoms with Crippen LogP contribution in [0.4, 0.5) is 0 Å². The van der Waals surface area contributed by atoms with E-state index < -0.39 is 0 Å². The maximum absolute atomic E-state index is 6.40. The molecule has 1 heterocycles. The quantitative estimate of drug-likeness (QED) is 0.566. The van der Waals surface area contributed by atoms with Crippen molar-refractivity contribution in [3.8, 4) is 0 Å². The molecule has 0 spiro atoms. The lowest BCUT2D eigenvalue weighted by atomic mass is 10.0. The minimum absolute atomic E-state index is 0.251. The van der Waals surface area contributed by atoms with Gasteiger partial charge in [-0.2, -0.15) is 0 Å². The largest absolute Gasteiger partial charge is 0.310 e. The maximum atomic E-state index is 6.40. The van der Waals surface area contributed by atoms with Crippen LogP contribution in [0.25, 0.3) is 0 Å². The first-order chi connectivity index (χ1) is 9.60. The van der Waals surface area contributed by atoms with Gasteiger partial charge in [0.1, 0.15) is 0 Å². The summed E-state index contributed by atoms with van der Waals surface area (Å²) in [6.07, 6.45) is 2.07. The highest BCUT2D eigenvalue weighted by atomic mass is 79.9. The lowest BCUT2D eigenvalue weighted by Gasteiger charge is -2.20. The lowest BCUT2D eigenvalue weighted by molar-refractivity contribution is 0.532. The van der Waals surface area contributed by atoms with Gasteiger partial charge in [0.05, 0.1) is 0 Å². The van der Waals surface area contributed by atoms with Crippen molar-refractivity contribution >= 4 is 54.8 Å². The Morgan fingerprint density at radius 1 is 1.25 bits per heavy atom. The highest BCUT2D eigenvalue weighted by Gasteiger charge is 2.16. The summed E-state index contributed by atoms with van der Waals surface area (Å²) in [5.74, 6) is 0. The Labute approximate surface area is 146 Å². The fraction of sp³-hybridized carbons (Fsp3) is 0.333. The van der Waals surface area contributed by atoms with Crippen LogP contribution in [0.2, 0.25) is 5.02 Å². The van der Waals surface area contributed by atoms with Gasteiger partial charge in [-0.05, 0) is 52.7 Å². The molecule has 1 N–H and O–H groups in total. The second kappa shape index (κ2) is 7.95. The Bertz CT molecular complexity index is 571. The number of hydrogen-bond acceptors (Lipinski definition) is 2. The first kappa shape index (κ1) is 16.5. The van der Waals surface area contributed by atoms with Gasteiger partial charge in [0.15, 0.2) is 0 Å². The molecule has 1 nitrogen and oxygen atoms in total. The van der Waals surface area contributed by atoms with E-state index in [1.165, 1.54) is 4.88 Å². The van der Waals surface area contributed by atoms with Gasteiger partial charge >= 0.3 is 0 Å². The zero-order valence-corrected chi connectivity index (χ0v) is 15.9. The van der Waals surface area contributed by atoms with Crippen molar-refractivity contribution in [2.75, 3.05) is 6.54 Å². The molecule has 108 valence electrons. The minimum atomic E-state index is 0.251. The Hall–Kier alpha value is 0.130. The van der Waals surface area contributed by atoms with Crippen molar-refractivity contribution in [1.82, 2.24) is 5.32 Å². The Kier molecular flexibility index (Phi) is 6.56. The van der Waals surface area contributed by atoms with E-state index in [0.29, 0.717) is 0 Å². The molecule has 1 atom stereocenters. The van der Waals surface area contributed by atoms with E-state index in [0.717, 1.165) is 38.9 Å². The summed E-state index contributed by atoms with van der Waals surface area (Å²) in [6.45, 7) is 3.17. The Balaban J connectivity index is 2.22. The van der Waals surface area contributed by atoms with Crippen LogP contribution in [0.5, 0.6) is 0 Å². The van der Waals surface area contributed by atoms with Gasteiger partial charge in [-0.3, -0.25) is 0 Å². The van der Waals surface area contributed by atoms with Crippen LogP contribution in [0.1, 0.15) is 29.8 Å². The molecule has 20 heavy (non-hydrogen) atoms. The third kappa shape index (κ3) is 4.57. The van der Waals surface area contributed by atoms with Gasteiger partial charge < -0.3 is 5.32 Å². The van der Waals surface area contributed by atoms with E-state index in [2.05, 4.69) is 61.6 Å². The maximum Gasteiger partial charge on any atom is 0.0465 e. The standard InChI is InChI=1S/C15H16Br2ClNS/c1-2-5-19-15(8-12-6-11(17)9-20-12)13-4-3-10(16)7-14(13)18/h3-4,6-7,9,15,19H,2,5,8H2,1H3. The third-order valence-electron chi connectivity index (χ3n) is 3.01. The highest BCUT2D eigenvalue weighted by molar-refractivity contribution is 9.10. The molecule has 0 aliphatic rings. The van der Waals surface area contributed by atoms with E-state index in [4.69, 9.17) is 11.6 Å². The molecule has 1 unspecified atom stereocenters. The molecule has 0 fully saturated rings. The summed E-state index contributed by atoms with van der Waals surface area (Å²) in [7, 11) is 0. The zero-order chi connectivity index (χ0) is 14.5. The van der Waals surface area contributed by atoms with Crippen LogP contribution in [0.15, 0.2) is 38.6 Å². The Morgan fingerprint density at radius 2 is 2.05 bits per heavy atom. The van der Waals surface area contributed by atoms with Crippen molar-refractivity contribution in [3.63, 3.8) is 0 Å². The van der Waals surface area contributed by atoms with E-state index in [9.17, 15) is 0 Å². The number of nitrogens with one attached hydrogen (secondary N) is 1. The molecule has 0 amide bonds. The molecule has 1 aromatic carbocycles.